The number of methoxy groups -OCH3 is 1. The summed E-state index contributed by atoms with van der Waals surface area (Å²) in [6.45, 7) is 6.00. The minimum atomic E-state index is -0.901. The molecule has 0 aliphatic rings. The molecule has 3 aromatic carbocycles. The summed E-state index contributed by atoms with van der Waals surface area (Å²) in [4.78, 5) is 36.7. The Bertz CT molecular complexity index is 1410. The fourth-order valence-electron chi connectivity index (χ4n) is 3.51. The maximum Gasteiger partial charge on any atom is 0.329 e. The standard InChI is InChI=1S/C29H30BrClN4O5/c1-17(2)21-8-6-19(7-9-21)14-32-28(37)29(38)35-33-15-20-11-23(30)27(25(12-20)39-4)40-16-26(36)34-24-13-22(31)10-5-18(24)3/h5-13,15,17H,14,16H2,1-4H3,(H,32,37)(H,34,36)(H,35,38)/b33-15-. The molecular weight excluding hydrogens is 600 g/mol. The number of anilines is 1. The third-order valence-electron chi connectivity index (χ3n) is 5.76. The van der Waals surface area contributed by atoms with Crippen LogP contribution in [0.5, 0.6) is 11.5 Å². The van der Waals surface area contributed by atoms with Gasteiger partial charge in [-0.2, -0.15) is 5.10 Å². The van der Waals surface area contributed by atoms with Gasteiger partial charge < -0.3 is 20.1 Å². The quantitative estimate of drug-likeness (QED) is 0.159. The summed E-state index contributed by atoms with van der Waals surface area (Å²) < 4.78 is 11.6. The summed E-state index contributed by atoms with van der Waals surface area (Å²) >= 11 is 9.42. The molecule has 40 heavy (non-hydrogen) atoms. The number of nitrogens with one attached hydrogen (secondary N) is 3. The Labute approximate surface area is 246 Å². The number of carbonyl (C=O) groups excluding carboxylic acids is 3. The zero-order valence-electron chi connectivity index (χ0n) is 22.5. The minimum Gasteiger partial charge on any atom is -0.493 e. The van der Waals surface area contributed by atoms with Gasteiger partial charge in [-0.25, -0.2) is 5.43 Å². The van der Waals surface area contributed by atoms with E-state index in [-0.39, 0.29) is 19.1 Å². The van der Waals surface area contributed by atoms with Crippen LogP contribution in [-0.4, -0.2) is 37.7 Å². The lowest BCUT2D eigenvalue weighted by Crippen LogP contribution is -2.37. The molecule has 0 atom stereocenters. The molecule has 0 aliphatic carbocycles. The Balaban J connectivity index is 1.54. The molecule has 3 aromatic rings. The van der Waals surface area contributed by atoms with Crippen LogP contribution in [0.4, 0.5) is 5.69 Å². The highest BCUT2D eigenvalue weighted by molar-refractivity contribution is 9.10. The molecule has 0 unspecified atom stereocenters. The van der Waals surface area contributed by atoms with Crippen LogP contribution in [0.1, 0.15) is 42.0 Å². The molecule has 3 rings (SSSR count). The molecule has 0 fully saturated rings. The van der Waals surface area contributed by atoms with Gasteiger partial charge in [0.05, 0.1) is 17.8 Å². The second kappa shape index (κ2) is 14.5. The Kier molecular flexibility index (Phi) is 11.1. The number of hydrogen-bond donors (Lipinski definition) is 3. The van der Waals surface area contributed by atoms with Crippen molar-refractivity contribution in [2.24, 2.45) is 5.10 Å². The number of amides is 3. The zero-order valence-corrected chi connectivity index (χ0v) is 24.9. The summed E-state index contributed by atoms with van der Waals surface area (Å²) in [5.74, 6) is -1.04. The van der Waals surface area contributed by atoms with Gasteiger partial charge in [-0.3, -0.25) is 14.4 Å². The second-order valence-electron chi connectivity index (χ2n) is 9.11. The van der Waals surface area contributed by atoms with Gasteiger partial charge in [-0.15, -0.1) is 0 Å². The lowest BCUT2D eigenvalue weighted by atomic mass is 10.0. The molecule has 0 saturated heterocycles. The average Bonchev–Trinajstić information content (AvgIpc) is 2.92. The molecule has 210 valence electrons. The Morgan fingerprint density at radius 3 is 2.45 bits per heavy atom. The predicted octanol–water partition coefficient (Wildman–Crippen LogP) is 5.33. The molecule has 0 spiro atoms. The van der Waals surface area contributed by atoms with Gasteiger partial charge in [0, 0.05) is 17.3 Å². The van der Waals surface area contributed by atoms with E-state index >= 15 is 0 Å². The number of carbonyl (C=O) groups is 3. The van der Waals surface area contributed by atoms with E-state index < -0.39 is 11.8 Å². The normalized spacial score (nSPS) is 10.9. The van der Waals surface area contributed by atoms with E-state index in [4.69, 9.17) is 21.1 Å². The molecule has 0 aromatic heterocycles. The Morgan fingerprint density at radius 2 is 1.77 bits per heavy atom. The van der Waals surface area contributed by atoms with Gasteiger partial charge in [0.15, 0.2) is 18.1 Å². The summed E-state index contributed by atoms with van der Waals surface area (Å²) in [5.41, 5.74) is 6.27. The van der Waals surface area contributed by atoms with Gasteiger partial charge >= 0.3 is 11.8 Å². The zero-order chi connectivity index (χ0) is 29.2. The minimum absolute atomic E-state index is 0.219. The number of hydrazone groups is 1. The van der Waals surface area contributed by atoms with E-state index in [2.05, 4.69) is 50.9 Å². The first kappa shape index (κ1) is 30.6. The topological polar surface area (TPSA) is 118 Å². The van der Waals surface area contributed by atoms with Crippen molar-refractivity contribution in [1.29, 1.82) is 0 Å². The number of hydrogen-bond acceptors (Lipinski definition) is 6. The van der Waals surface area contributed by atoms with Crippen molar-refractivity contribution in [3.63, 3.8) is 0 Å². The van der Waals surface area contributed by atoms with E-state index in [0.717, 1.165) is 11.1 Å². The number of rotatable bonds is 10. The van der Waals surface area contributed by atoms with Gasteiger partial charge in [0.2, 0.25) is 0 Å². The van der Waals surface area contributed by atoms with Crippen LogP contribution in [0.25, 0.3) is 0 Å². The first-order valence-corrected chi connectivity index (χ1v) is 13.5. The molecule has 3 amide bonds. The highest BCUT2D eigenvalue weighted by Gasteiger charge is 2.15. The summed E-state index contributed by atoms with van der Waals surface area (Å²) in [7, 11) is 1.45. The van der Waals surface area contributed by atoms with E-state index in [1.54, 1.807) is 30.3 Å². The molecule has 3 N–H and O–H groups in total. The lowest BCUT2D eigenvalue weighted by Gasteiger charge is -2.14. The van der Waals surface area contributed by atoms with Crippen molar-refractivity contribution < 1.29 is 23.9 Å². The van der Waals surface area contributed by atoms with Crippen molar-refractivity contribution in [2.75, 3.05) is 19.0 Å². The smallest absolute Gasteiger partial charge is 0.329 e. The fourth-order valence-corrected chi connectivity index (χ4v) is 4.25. The summed E-state index contributed by atoms with van der Waals surface area (Å²) in [5, 5.41) is 9.69. The van der Waals surface area contributed by atoms with Crippen LogP contribution in [0.15, 0.2) is 64.2 Å². The van der Waals surface area contributed by atoms with Crippen LogP contribution >= 0.6 is 27.5 Å². The molecule has 0 heterocycles. The first-order chi connectivity index (χ1) is 19.1. The molecule has 0 bridgehead atoms. The van der Waals surface area contributed by atoms with Crippen molar-refractivity contribution in [3.8, 4) is 11.5 Å². The maximum atomic E-state index is 12.4. The molecule has 11 heteroatoms. The number of nitrogens with zero attached hydrogens (tertiary/aromatic N) is 1. The fraction of sp³-hybridized carbons (Fsp3) is 0.241. The number of aryl methyl sites for hydroxylation is 1. The Morgan fingerprint density at radius 1 is 1.05 bits per heavy atom. The van der Waals surface area contributed by atoms with Crippen molar-refractivity contribution in [2.45, 2.75) is 33.2 Å². The molecule has 9 nitrogen and oxygen atoms in total. The van der Waals surface area contributed by atoms with Gasteiger partial charge in [-0.05, 0) is 75.3 Å². The monoisotopic (exact) mass is 628 g/mol. The molecule has 0 saturated carbocycles. The lowest BCUT2D eigenvalue weighted by molar-refractivity contribution is -0.139. The molecule has 0 radical (unpaired) electrons. The molecular formula is C29H30BrClN4O5. The highest BCUT2D eigenvalue weighted by Crippen LogP contribution is 2.36. The SMILES string of the molecule is COc1cc(/C=N\NC(=O)C(=O)NCc2ccc(C(C)C)cc2)cc(Br)c1OCC(=O)Nc1cc(Cl)ccc1C. The number of halogens is 2. The average molecular weight is 630 g/mol. The predicted molar refractivity (Wildman–Crippen MR) is 159 cm³/mol. The number of benzene rings is 3. The van der Waals surface area contributed by atoms with Crippen LogP contribution in [-0.2, 0) is 20.9 Å². The highest BCUT2D eigenvalue weighted by atomic mass is 79.9. The number of ether oxygens (including phenoxy) is 2. The van der Waals surface area contributed by atoms with Gasteiger partial charge in [-0.1, -0.05) is 55.8 Å². The van der Waals surface area contributed by atoms with E-state index in [0.29, 0.717) is 38.2 Å². The van der Waals surface area contributed by atoms with Crippen LogP contribution < -0.4 is 25.5 Å². The van der Waals surface area contributed by atoms with E-state index in [1.165, 1.54) is 18.9 Å². The van der Waals surface area contributed by atoms with E-state index in [1.807, 2.05) is 31.2 Å². The van der Waals surface area contributed by atoms with E-state index in [9.17, 15) is 14.4 Å². The van der Waals surface area contributed by atoms with Crippen molar-refractivity contribution in [3.05, 3.63) is 86.3 Å². The largest absolute Gasteiger partial charge is 0.493 e. The first-order valence-electron chi connectivity index (χ1n) is 12.3. The van der Waals surface area contributed by atoms with Gasteiger partial charge in [0.25, 0.3) is 5.91 Å². The maximum absolute atomic E-state index is 12.4. The van der Waals surface area contributed by atoms with Crippen LogP contribution in [0.2, 0.25) is 5.02 Å². The van der Waals surface area contributed by atoms with Crippen LogP contribution in [0.3, 0.4) is 0 Å². The summed E-state index contributed by atoms with van der Waals surface area (Å²) in [6.07, 6.45) is 1.35. The second-order valence-corrected chi connectivity index (χ2v) is 10.4. The van der Waals surface area contributed by atoms with Gasteiger partial charge in [0.1, 0.15) is 0 Å². The summed E-state index contributed by atoms with van der Waals surface area (Å²) in [6, 6.07) is 16.3. The van der Waals surface area contributed by atoms with Crippen molar-refractivity contribution >= 4 is 57.2 Å². The molecule has 0 aliphatic heterocycles. The third-order valence-corrected chi connectivity index (χ3v) is 6.58. The Hall–Kier alpha value is -3.89. The van der Waals surface area contributed by atoms with Crippen molar-refractivity contribution in [1.82, 2.24) is 10.7 Å². The van der Waals surface area contributed by atoms with Crippen LogP contribution in [0, 0.1) is 6.92 Å². The third kappa shape index (κ3) is 8.82.